The number of aryl methyl sites for hydroxylation is 3. The second-order valence-corrected chi connectivity index (χ2v) is 5.54. The molecular weight excluding hydrogens is 276 g/mol. The zero-order valence-corrected chi connectivity index (χ0v) is 12.8. The van der Waals surface area contributed by atoms with Crippen molar-refractivity contribution in [3.63, 3.8) is 0 Å². The summed E-state index contributed by atoms with van der Waals surface area (Å²) in [7, 11) is 3.82. The molecule has 0 fully saturated rings. The topological polar surface area (TPSA) is 53.5 Å². The highest BCUT2D eigenvalue weighted by Crippen LogP contribution is 2.29. The molecule has 0 N–H and O–H groups in total. The number of imidazole rings is 1. The summed E-state index contributed by atoms with van der Waals surface area (Å²) in [5.74, 6) is 0.817. The van der Waals surface area contributed by atoms with Crippen LogP contribution in [0.5, 0.6) is 0 Å². The number of rotatable bonds is 3. The molecule has 0 saturated heterocycles. The third-order valence-electron chi connectivity index (χ3n) is 3.37. The maximum absolute atomic E-state index is 6.30. The van der Waals surface area contributed by atoms with Gasteiger partial charge in [0.1, 0.15) is 11.3 Å². The third kappa shape index (κ3) is 1.83. The van der Waals surface area contributed by atoms with E-state index in [1.165, 1.54) is 0 Å². The van der Waals surface area contributed by atoms with Gasteiger partial charge in [-0.15, -0.1) is 11.6 Å². The van der Waals surface area contributed by atoms with Crippen molar-refractivity contribution in [1.29, 1.82) is 0 Å². The summed E-state index contributed by atoms with van der Waals surface area (Å²) in [4.78, 5) is 4.70. The number of halogens is 1. The van der Waals surface area contributed by atoms with Gasteiger partial charge in [-0.25, -0.2) is 9.67 Å². The van der Waals surface area contributed by atoms with Gasteiger partial charge in [-0.3, -0.25) is 9.25 Å². The Labute approximate surface area is 122 Å². The van der Waals surface area contributed by atoms with Gasteiger partial charge >= 0.3 is 0 Å². The van der Waals surface area contributed by atoms with Crippen LogP contribution in [0, 0.1) is 0 Å². The second-order valence-electron chi connectivity index (χ2n) is 4.89. The number of hydrogen-bond donors (Lipinski definition) is 0. The van der Waals surface area contributed by atoms with Crippen LogP contribution < -0.4 is 0 Å². The van der Waals surface area contributed by atoms with Gasteiger partial charge < -0.3 is 0 Å². The maximum atomic E-state index is 6.30. The minimum Gasteiger partial charge on any atom is -0.276 e. The van der Waals surface area contributed by atoms with Crippen molar-refractivity contribution >= 4 is 22.8 Å². The average Bonchev–Trinajstić information content (AvgIpc) is 3.04. The predicted octanol–water partition coefficient (Wildman–Crippen LogP) is 2.35. The summed E-state index contributed by atoms with van der Waals surface area (Å²) in [6.07, 6.45) is 4.60. The summed E-state index contributed by atoms with van der Waals surface area (Å²) < 4.78 is 5.66. The maximum Gasteiger partial charge on any atom is 0.163 e. The fraction of sp³-hybridized carbons (Fsp3) is 0.462. The molecule has 0 amide bonds. The number of nitrogens with zero attached hydrogens (tertiary/aromatic N) is 6. The fourth-order valence-corrected chi connectivity index (χ4v) is 2.63. The van der Waals surface area contributed by atoms with Gasteiger partial charge in [0.2, 0.25) is 0 Å². The van der Waals surface area contributed by atoms with E-state index in [1.807, 2.05) is 42.7 Å². The molecular formula is C13H17ClN6. The molecule has 0 radical (unpaired) electrons. The highest BCUT2D eigenvalue weighted by molar-refractivity contribution is 6.20. The van der Waals surface area contributed by atoms with Crippen LogP contribution in [0.25, 0.3) is 16.9 Å². The largest absolute Gasteiger partial charge is 0.276 e. The van der Waals surface area contributed by atoms with Gasteiger partial charge in [0, 0.05) is 20.3 Å². The molecule has 0 saturated carbocycles. The second kappa shape index (κ2) is 4.63. The SMILES string of the molecule is CCc1nn(C)c2c1nc(C(C)Cl)n2-c1cnn(C)c1. The van der Waals surface area contributed by atoms with Crippen LogP contribution in [0.15, 0.2) is 12.4 Å². The lowest BCUT2D eigenvalue weighted by atomic mass is 10.3. The average molecular weight is 293 g/mol. The first-order valence-electron chi connectivity index (χ1n) is 6.60. The summed E-state index contributed by atoms with van der Waals surface area (Å²) >= 11 is 6.30. The standard InChI is InChI=1S/C13H17ClN6/c1-5-10-11-13(19(4)17-10)20(12(16-11)8(2)14)9-6-15-18(3)7-9/h6-8H,5H2,1-4H3. The van der Waals surface area contributed by atoms with Crippen molar-refractivity contribution < 1.29 is 0 Å². The molecule has 0 aliphatic heterocycles. The van der Waals surface area contributed by atoms with E-state index in [4.69, 9.17) is 16.6 Å². The van der Waals surface area contributed by atoms with Crippen molar-refractivity contribution in [3.8, 4) is 5.69 Å². The van der Waals surface area contributed by atoms with Gasteiger partial charge in [0.15, 0.2) is 5.65 Å². The summed E-state index contributed by atoms with van der Waals surface area (Å²) in [6.45, 7) is 4.00. The first-order valence-corrected chi connectivity index (χ1v) is 7.03. The Bertz CT molecular complexity index is 763. The normalized spacial score (nSPS) is 13.2. The summed E-state index contributed by atoms with van der Waals surface area (Å²) in [5, 5.41) is 8.57. The Morgan fingerprint density at radius 1 is 1.35 bits per heavy atom. The Kier molecular flexibility index (Phi) is 3.05. The van der Waals surface area contributed by atoms with E-state index >= 15 is 0 Å². The lowest BCUT2D eigenvalue weighted by Gasteiger charge is -2.08. The van der Waals surface area contributed by atoms with Gasteiger partial charge in [0.25, 0.3) is 0 Å². The molecule has 0 bridgehead atoms. The highest BCUT2D eigenvalue weighted by Gasteiger charge is 2.22. The van der Waals surface area contributed by atoms with Crippen molar-refractivity contribution in [2.45, 2.75) is 25.6 Å². The van der Waals surface area contributed by atoms with Crippen molar-refractivity contribution in [1.82, 2.24) is 29.1 Å². The Morgan fingerprint density at radius 3 is 2.65 bits per heavy atom. The van der Waals surface area contributed by atoms with Crippen LogP contribution in [-0.2, 0) is 20.5 Å². The van der Waals surface area contributed by atoms with E-state index in [0.29, 0.717) is 0 Å². The minimum atomic E-state index is -0.188. The van der Waals surface area contributed by atoms with Gasteiger partial charge in [-0.05, 0) is 13.3 Å². The Morgan fingerprint density at radius 2 is 2.10 bits per heavy atom. The number of hydrogen-bond acceptors (Lipinski definition) is 3. The van der Waals surface area contributed by atoms with Gasteiger partial charge in [-0.2, -0.15) is 10.2 Å². The molecule has 0 aliphatic carbocycles. The van der Waals surface area contributed by atoms with Crippen molar-refractivity contribution in [2.75, 3.05) is 0 Å². The first-order chi connectivity index (χ1) is 9.52. The molecule has 0 aromatic carbocycles. The molecule has 6 nitrogen and oxygen atoms in total. The summed E-state index contributed by atoms with van der Waals surface area (Å²) in [6, 6.07) is 0. The summed E-state index contributed by atoms with van der Waals surface area (Å²) in [5.41, 5.74) is 3.81. The molecule has 3 heterocycles. The van der Waals surface area contributed by atoms with Crippen LogP contribution in [0.3, 0.4) is 0 Å². The smallest absolute Gasteiger partial charge is 0.163 e. The number of fused-ring (bicyclic) bond motifs is 1. The van der Waals surface area contributed by atoms with Crippen molar-refractivity contribution in [3.05, 3.63) is 23.9 Å². The zero-order valence-electron chi connectivity index (χ0n) is 12.0. The zero-order chi connectivity index (χ0) is 14.4. The predicted molar refractivity (Wildman–Crippen MR) is 78.2 cm³/mol. The molecule has 3 rings (SSSR count). The highest BCUT2D eigenvalue weighted by atomic mass is 35.5. The lowest BCUT2D eigenvalue weighted by Crippen LogP contribution is -2.05. The Balaban J connectivity index is 2.37. The molecule has 0 spiro atoms. The molecule has 106 valence electrons. The molecule has 3 aromatic rings. The first kappa shape index (κ1) is 13.2. The van der Waals surface area contributed by atoms with Crippen LogP contribution >= 0.6 is 11.6 Å². The van der Waals surface area contributed by atoms with Crippen LogP contribution in [-0.4, -0.2) is 29.1 Å². The monoisotopic (exact) mass is 292 g/mol. The number of alkyl halides is 1. The van der Waals surface area contributed by atoms with Crippen LogP contribution in [0.4, 0.5) is 0 Å². The molecule has 3 aromatic heterocycles. The quantitative estimate of drug-likeness (QED) is 0.696. The van der Waals surface area contributed by atoms with Gasteiger partial charge in [0.05, 0.1) is 23.0 Å². The van der Waals surface area contributed by atoms with Gasteiger partial charge in [-0.1, -0.05) is 6.92 Å². The number of aromatic nitrogens is 6. The van der Waals surface area contributed by atoms with E-state index in [0.717, 1.165) is 34.8 Å². The lowest BCUT2D eigenvalue weighted by molar-refractivity contribution is 0.737. The van der Waals surface area contributed by atoms with E-state index in [2.05, 4.69) is 17.1 Å². The van der Waals surface area contributed by atoms with E-state index < -0.39 is 0 Å². The third-order valence-corrected chi connectivity index (χ3v) is 3.56. The van der Waals surface area contributed by atoms with E-state index in [1.54, 1.807) is 4.68 Å². The molecule has 20 heavy (non-hydrogen) atoms. The Hall–Kier alpha value is -1.82. The van der Waals surface area contributed by atoms with E-state index in [-0.39, 0.29) is 5.38 Å². The molecule has 0 aliphatic rings. The van der Waals surface area contributed by atoms with Crippen LogP contribution in [0.1, 0.15) is 30.7 Å². The molecule has 7 heteroatoms. The fourth-order valence-electron chi connectivity index (χ4n) is 2.48. The van der Waals surface area contributed by atoms with Crippen molar-refractivity contribution in [2.24, 2.45) is 14.1 Å². The molecule has 1 unspecified atom stereocenters. The molecule has 1 atom stereocenters. The van der Waals surface area contributed by atoms with E-state index in [9.17, 15) is 0 Å². The minimum absolute atomic E-state index is 0.188. The van der Waals surface area contributed by atoms with Crippen LogP contribution in [0.2, 0.25) is 0 Å².